The Morgan fingerprint density at radius 1 is 0.851 bits per heavy atom. The quantitative estimate of drug-likeness (QED) is 0.196. The monoisotopic (exact) mass is 639 g/mol. The summed E-state index contributed by atoms with van der Waals surface area (Å²) >= 11 is 0. The zero-order valence-corrected chi connectivity index (χ0v) is 28.4. The third-order valence-corrected chi connectivity index (χ3v) is 11.2. The maximum atomic E-state index is 17.4. The minimum Gasteiger partial charge on any atom is -0.475 e. The topological polar surface area (TPSA) is 73.5 Å². The van der Waals surface area contributed by atoms with Crippen LogP contribution >= 0.6 is 0 Å². The van der Waals surface area contributed by atoms with Crippen molar-refractivity contribution in [2.75, 3.05) is 46.9 Å². The summed E-state index contributed by atoms with van der Waals surface area (Å²) < 4.78 is 34.2. The molecule has 2 unspecified atom stereocenters. The summed E-state index contributed by atoms with van der Waals surface area (Å²) in [6.07, 6.45) is 11.0. The van der Waals surface area contributed by atoms with Crippen LogP contribution in [0.15, 0.2) is 24.5 Å². The van der Waals surface area contributed by atoms with Crippen molar-refractivity contribution in [1.29, 1.82) is 0 Å². The highest BCUT2D eigenvalue weighted by molar-refractivity contribution is 6.09. The van der Waals surface area contributed by atoms with E-state index in [-0.39, 0.29) is 18.1 Å². The van der Waals surface area contributed by atoms with Crippen molar-refractivity contribution >= 4 is 32.7 Å². The van der Waals surface area contributed by atoms with Crippen molar-refractivity contribution in [1.82, 2.24) is 34.3 Å². The molecule has 8 rings (SSSR count). The Kier molecular flexibility index (Phi) is 7.93. The van der Waals surface area contributed by atoms with Gasteiger partial charge >= 0.3 is 0 Å². The standard InChI is InChI=1S/C37H46FN7O2/c1-22-18-30-28(19-40-45(30)31-10-6-7-16-46-31)33(24(22)3)32-23(2)17-27-35(34(32)38)41-37(47-21-26-9-8-13-43(26)5)29-20-39-44(36(27)29)25-11-14-42(4)15-12-25/h17-20,25-26,31H,6-16,21H2,1-5H3. The van der Waals surface area contributed by atoms with Crippen LogP contribution in [-0.4, -0.2) is 87.3 Å². The average molecular weight is 640 g/mol. The smallest absolute Gasteiger partial charge is 0.225 e. The highest BCUT2D eigenvalue weighted by atomic mass is 19.1. The van der Waals surface area contributed by atoms with E-state index in [0.717, 1.165) is 121 Å². The molecule has 0 N–H and O–H groups in total. The van der Waals surface area contributed by atoms with E-state index in [1.54, 1.807) is 0 Å². The summed E-state index contributed by atoms with van der Waals surface area (Å²) in [5.41, 5.74) is 6.68. The number of pyridine rings is 1. The number of aromatic nitrogens is 5. The van der Waals surface area contributed by atoms with Gasteiger partial charge in [0.1, 0.15) is 12.1 Å². The number of ether oxygens (including phenoxy) is 2. The molecule has 0 saturated carbocycles. The number of piperidine rings is 1. The first-order valence-electron chi connectivity index (χ1n) is 17.4. The molecular formula is C37H46FN7O2. The number of aryl methyl sites for hydroxylation is 2. The lowest BCUT2D eigenvalue weighted by Gasteiger charge is -2.29. The SMILES string of the molecule is Cc1cc2c(cnn2C2CCCCO2)c(-c2c(C)cc3c(nc(OCC4CCCN4C)c4cnn(C5CCN(C)CC5)c43)c2F)c1C. The summed E-state index contributed by atoms with van der Waals surface area (Å²) in [5.74, 6) is 0.145. The van der Waals surface area contributed by atoms with Crippen molar-refractivity contribution in [3.63, 3.8) is 0 Å². The molecule has 3 aromatic heterocycles. The number of halogens is 1. The predicted octanol–water partition coefficient (Wildman–Crippen LogP) is 7.10. The van der Waals surface area contributed by atoms with Gasteiger partial charge in [0.15, 0.2) is 12.0 Å². The lowest BCUT2D eigenvalue weighted by Crippen LogP contribution is -2.31. The van der Waals surface area contributed by atoms with Crippen LogP contribution in [0.2, 0.25) is 0 Å². The number of hydrogen-bond donors (Lipinski definition) is 0. The molecule has 2 aromatic carbocycles. The van der Waals surface area contributed by atoms with E-state index in [4.69, 9.17) is 24.7 Å². The number of likely N-dealkylation sites (N-methyl/N-ethyl adjacent to an activating group) is 1. The van der Waals surface area contributed by atoms with Gasteiger partial charge in [0.05, 0.1) is 34.9 Å². The highest BCUT2D eigenvalue weighted by Gasteiger charge is 2.29. The summed E-state index contributed by atoms with van der Waals surface area (Å²) in [4.78, 5) is 9.68. The van der Waals surface area contributed by atoms with Gasteiger partial charge in [-0.2, -0.15) is 10.2 Å². The Labute approximate surface area is 275 Å². The zero-order chi connectivity index (χ0) is 32.4. The van der Waals surface area contributed by atoms with Crippen molar-refractivity contribution in [2.24, 2.45) is 0 Å². The largest absolute Gasteiger partial charge is 0.475 e. The van der Waals surface area contributed by atoms with Gasteiger partial charge in [-0.15, -0.1) is 0 Å². The van der Waals surface area contributed by atoms with Gasteiger partial charge in [0, 0.05) is 29.0 Å². The number of fused-ring (bicyclic) bond motifs is 4. The minimum absolute atomic E-state index is 0.104. The van der Waals surface area contributed by atoms with Crippen LogP contribution in [0.25, 0.3) is 43.8 Å². The fourth-order valence-corrected chi connectivity index (χ4v) is 8.19. The normalized spacial score (nSPS) is 21.9. The molecule has 6 heterocycles. The van der Waals surface area contributed by atoms with Gasteiger partial charge in [-0.05, 0) is 134 Å². The van der Waals surface area contributed by atoms with Crippen molar-refractivity contribution in [2.45, 2.75) is 84.0 Å². The van der Waals surface area contributed by atoms with Crippen LogP contribution in [-0.2, 0) is 4.74 Å². The van der Waals surface area contributed by atoms with E-state index in [9.17, 15) is 0 Å². The van der Waals surface area contributed by atoms with Crippen molar-refractivity contribution in [3.8, 4) is 17.0 Å². The lowest BCUT2D eigenvalue weighted by atomic mass is 9.89. The third-order valence-electron chi connectivity index (χ3n) is 11.2. The maximum absolute atomic E-state index is 17.4. The Bertz CT molecular complexity index is 1970. The second-order valence-corrected chi connectivity index (χ2v) is 14.2. The van der Waals surface area contributed by atoms with Crippen LogP contribution in [0.5, 0.6) is 5.88 Å². The molecule has 248 valence electrons. The van der Waals surface area contributed by atoms with E-state index >= 15 is 4.39 Å². The second kappa shape index (κ2) is 12.1. The number of rotatable bonds is 6. The van der Waals surface area contributed by atoms with E-state index < -0.39 is 0 Å². The van der Waals surface area contributed by atoms with Crippen LogP contribution in [0, 0.1) is 26.6 Å². The van der Waals surface area contributed by atoms with Gasteiger partial charge in [-0.25, -0.2) is 14.1 Å². The number of nitrogens with zero attached hydrogens (tertiary/aromatic N) is 7. The van der Waals surface area contributed by atoms with Crippen molar-refractivity contribution < 1.29 is 13.9 Å². The first kappa shape index (κ1) is 30.7. The summed E-state index contributed by atoms with van der Waals surface area (Å²) in [6, 6.07) is 4.84. The summed E-state index contributed by atoms with van der Waals surface area (Å²) in [7, 11) is 4.31. The molecule has 5 aromatic rings. The van der Waals surface area contributed by atoms with Crippen LogP contribution in [0.3, 0.4) is 0 Å². The highest BCUT2D eigenvalue weighted by Crippen LogP contribution is 2.43. The lowest BCUT2D eigenvalue weighted by molar-refractivity contribution is -0.0366. The Morgan fingerprint density at radius 3 is 2.38 bits per heavy atom. The van der Waals surface area contributed by atoms with Crippen molar-refractivity contribution in [3.05, 3.63) is 47.0 Å². The minimum atomic E-state index is -0.322. The molecule has 3 aliphatic rings. The molecule has 0 amide bonds. The van der Waals surface area contributed by atoms with Crippen LogP contribution in [0.4, 0.5) is 4.39 Å². The molecule has 2 atom stereocenters. The van der Waals surface area contributed by atoms with Gasteiger partial charge in [-0.1, -0.05) is 0 Å². The first-order valence-corrected chi connectivity index (χ1v) is 17.4. The predicted molar refractivity (Wildman–Crippen MR) is 184 cm³/mol. The number of likely N-dealkylation sites (tertiary alicyclic amines) is 2. The Balaban J connectivity index is 1.32. The van der Waals surface area contributed by atoms with Gasteiger partial charge in [-0.3, -0.25) is 4.68 Å². The fraction of sp³-hybridized carbons (Fsp3) is 0.541. The maximum Gasteiger partial charge on any atom is 0.225 e. The second-order valence-electron chi connectivity index (χ2n) is 14.2. The molecule has 0 radical (unpaired) electrons. The molecule has 47 heavy (non-hydrogen) atoms. The third kappa shape index (κ3) is 5.20. The fourth-order valence-electron chi connectivity index (χ4n) is 8.19. The van der Waals surface area contributed by atoms with E-state index in [2.05, 4.69) is 54.6 Å². The van der Waals surface area contributed by atoms with Crippen LogP contribution in [0.1, 0.15) is 73.9 Å². The van der Waals surface area contributed by atoms with Gasteiger partial charge in [0.25, 0.3) is 0 Å². The first-order chi connectivity index (χ1) is 22.8. The summed E-state index contributed by atoms with van der Waals surface area (Å²) in [6.45, 7) is 10.5. The molecular weight excluding hydrogens is 593 g/mol. The average Bonchev–Trinajstić information content (AvgIpc) is 3.81. The molecule has 0 aliphatic carbocycles. The molecule has 0 bridgehead atoms. The Hall–Kier alpha value is -3.60. The molecule has 9 nitrogen and oxygen atoms in total. The molecule has 0 spiro atoms. The van der Waals surface area contributed by atoms with E-state index in [1.807, 2.05) is 24.0 Å². The number of hydrogen-bond acceptors (Lipinski definition) is 7. The summed E-state index contributed by atoms with van der Waals surface area (Å²) in [5, 5.41) is 12.3. The number of benzene rings is 2. The zero-order valence-electron chi connectivity index (χ0n) is 28.4. The molecule has 3 aliphatic heterocycles. The van der Waals surface area contributed by atoms with Gasteiger partial charge in [0.2, 0.25) is 5.88 Å². The molecule has 3 saturated heterocycles. The van der Waals surface area contributed by atoms with E-state index in [1.165, 1.54) is 0 Å². The van der Waals surface area contributed by atoms with E-state index in [0.29, 0.717) is 29.6 Å². The molecule has 3 fully saturated rings. The van der Waals surface area contributed by atoms with Crippen LogP contribution < -0.4 is 4.74 Å². The molecule has 10 heteroatoms. The Morgan fingerprint density at radius 2 is 1.64 bits per heavy atom. The van der Waals surface area contributed by atoms with Gasteiger partial charge < -0.3 is 19.3 Å².